The molecule has 5 rings (SSSR count). The molecule has 0 atom stereocenters. The number of nitro benzene ring substituents is 1. The number of anilines is 2. The predicted molar refractivity (Wildman–Crippen MR) is 150 cm³/mol. The number of fused-ring (bicyclic) bond motifs is 1. The quantitative estimate of drug-likeness (QED) is 0.203. The molecular weight excluding hydrogens is 504 g/mol. The van der Waals surface area contributed by atoms with Crippen molar-refractivity contribution in [3.05, 3.63) is 80.9 Å². The largest absolute Gasteiger partial charge is 0.366 e. The van der Waals surface area contributed by atoms with E-state index < -0.39 is 10.8 Å². The Kier molecular flexibility index (Phi) is 7.55. The summed E-state index contributed by atoms with van der Waals surface area (Å²) >= 11 is 6.46. The molecule has 0 aliphatic carbocycles. The maximum Gasteiger partial charge on any atom is 0.293 e. The average molecular weight is 533 g/mol. The number of carbonyl (C=O) groups excluding carboxylic acids is 1. The van der Waals surface area contributed by atoms with Crippen LogP contribution in [0.1, 0.15) is 54.9 Å². The molecule has 0 unspecified atom stereocenters. The normalized spacial score (nSPS) is 13.6. The summed E-state index contributed by atoms with van der Waals surface area (Å²) in [5.41, 5.74) is 4.24. The Morgan fingerprint density at radius 2 is 1.74 bits per heavy atom. The summed E-state index contributed by atoms with van der Waals surface area (Å²) in [6.07, 6.45) is 6.44. The number of nitro groups is 1. The third-order valence-electron chi connectivity index (χ3n) is 6.83. The lowest BCUT2D eigenvalue weighted by atomic mass is 10.1. The average Bonchev–Trinajstić information content (AvgIpc) is 3.35. The van der Waals surface area contributed by atoms with Crippen LogP contribution in [0.2, 0.25) is 5.02 Å². The number of unbranched alkanes of at least 4 members (excludes halogenated alkanes) is 1. The number of carbonyl (C=O) groups is 1. The van der Waals surface area contributed by atoms with E-state index >= 15 is 0 Å². The van der Waals surface area contributed by atoms with Crippen LogP contribution in [0.5, 0.6) is 0 Å². The topological polar surface area (TPSA) is 106 Å². The summed E-state index contributed by atoms with van der Waals surface area (Å²) in [4.78, 5) is 28.0. The zero-order valence-electron chi connectivity index (χ0n) is 21.2. The molecule has 2 heterocycles. The number of aromatic nitrogens is 3. The van der Waals surface area contributed by atoms with Gasteiger partial charge >= 0.3 is 0 Å². The van der Waals surface area contributed by atoms with Crippen LogP contribution in [0.4, 0.5) is 17.1 Å². The lowest BCUT2D eigenvalue weighted by Crippen LogP contribution is -2.30. The minimum atomic E-state index is -0.491. The van der Waals surface area contributed by atoms with Crippen molar-refractivity contribution in [2.45, 2.75) is 45.4 Å². The van der Waals surface area contributed by atoms with E-state index in [9.17, 15) is 14.9 Å². The Morgan fingerprint density at radius 3 is 2.42 bits per heavy atom. The molecule has 1 aromatic heterocycles. The number of aryl methyl sites for hydroxylation is 1. The van der Waals surface area contributed by atoms with Crippen molar-refractivity contribution >= 4 is 45.6 Å². The SMILES string of the molecule is CCCCc1ccc(-n2nc3cc(Cl)c(NC(=O)c4ccc(N5CCCCC5)c([N+](=O)[O-])c4)cc3n2)cc1. The Balaban J connectivity index is 1.37. The van der Waals surface area contributed by atoms with Crippen molar-refractivity contribution in [3.8, 4) is 5.69 Å². The monoisotopic (exact) mass is 532 g/mol. The van der Waals surface area contributed by atoms with Gasteiger partial charge in [-0.05, 0) is 74.1 Å². The van der Waals surface area contributed by atoms with Crippen molar-refractivity contribution in [1.29, 1.82) is 0 Å². The Bertz CT molecular complexity index is 1480. The summed E-state index contributed by atoms with van der Waals surface area (Å²) in [7, 11) is 0. The van der Waals surface area contributed by atoms with Gasteiger partial charge in [-0.1, -0.05) is 37.1 Å². The molecule has 38 heavy (non-hydrogen) atoms. The molecule has 9 nitrogen and oxygen atoms in total. The first-order valence-corrected chi connectivity index (χ1v) is 13.3. The van der Waals surface area contributed by atoms with Crippen LogP contribution >= 0.6 is 11.6 Å². The van der Waals surface area contributed by atoms with Crippen LogP contribution in [0.3, 0.4) is 0 Å². The zero-order chi connectivity index (χ0) is 26.6. The number of amides is 1. The molecule has 1 aliphatic heterocycles. The number of hydrogen-bond acceptors (Lipinski definition) is 6. The minimum Gasteiger partial charge on any atom is -0.366 e. The summed E-state index contributed by atoms with van der Waals surface area (Å²) < 4.78 is 0. The van der Waals surface area contributed by atoms with Crippen molar-refractivity contribution in [3.63, 3.8) is 0 Å². The molecule has 0 saturated carbocycles. The second kappa shape index (κ2) is 11.2. The van der Waals surface area contributed by atoms with Crippen molar-refractivity contribution in [2.24, 2.45) is 0 Å². The van der Waals surface area contributed by atoms with E-state index in [2.05, 4.69) is 34.6 Å². The van der Waals surface area contributed by atoms with Gasteiger partial charge in [-0.15, -0.1) is 10.2 Å². The minimum absolute atomic E-state index is 0.0789. The second-order valence-corrected chi connectivity index (χ2v) is 9.95. The fourth-order valence-electron chi connectivity index (χ4n) is 4.73. The van der Waals surface area contributed by atoms with Crippen LogP contribution < -0.4 is 10.2 Å². The molecule has 0 bridgehead atoms. The molecular formula is C28H29ClN6O3. The fourth-order valence-corrected chi connectivity index (χ4v) is 4.94. The van der Waals surface area contributed by atoms with Crippen molar-refractivity contribution < 1.29 is 9.72 Å². The lowest BCUT2D eigenvalue weighted by molar-refractivity contribution is -0.384. The summed E-state index contributed by atoms with van der Waals surface area (Å²) in [6, 6.07) is 16.0. The van der Waals surface area contributed by atoms with Gasteiger partial charge in [0, 0.05) is 24.7 Å². The Hall–Kier alpha value is -3.98. The Labute approximate surface area is 225 Å². The summed E-state index contributed by atoms with van der Waals surface area (Å²) in [5, 5.41) is 24.0. The molecule has 4 aromatic rings. The molecule has 1 fully saturated rings. The number of hydrogen-bond donors (Lipinski definition) is 1. The highest BCUT2D eigenvalue weighted by molar-refractivity contribution is 6.34. The van der Waals surface area contributed by atoms with Gasteiger partial charge in [0.1, 0.15) is 16.7 Å². The van der Waals surface area contributed by atoms with Gasteiger partial charge in [0.25, 0.3) is 11.6 Å². The van der Waals surface area contributed by atoms with Crippen LogP contribution in [-0.2, 0) is 6.42 Å². The molecule has 196 valence electrons. The first kappa shape index (κ1) is 25.7. The first-order valence-electron chi connectivity index (χ1n) is 12.9. The van der Waals surface area contributed by atoms with Crippen LogP contribution in [0, 0.1) is 10.1 Å². The summed E-state index contributed by atoms with van der Waals surface area (Å²) in [5.74, 6) is -0.491. The molecule has 1 aliphatic rings. The highest BCUT2D eigenvalue weighted by atomic mass is 35.5. The predicted octanol–water partition coefficient (Wildman–Crippen LogP) is 6.57. The molecule has 0 radical (unpaired) electrons. The third kappa shape index (κ3) is 5.47. The maximum atomic E-state index is 13.1. The van der Waals surface area contributed by atoms with Gasteiger partial charge in [0.2, 0.25) is 0 Å². The molecule has 10 heteroatoms. The van der Waals surface area contributed by atoms with Crippen LogP contribution in [0.25, 0.3) is 16.7 Å². The number of nitrogens with zero attached hydrogens (tertiary/aromatic N) is 5. The molecule has 3 aromatic carbocycles. The van der Waals surface area contributed by atoms with Gasteiger partial charge in [-0.3, -0.25) is 14.9 Å². The second-order valence-electron chi connectivity index (χ2n) is 9.54. The lowest BCUT2D eigenvalue weighted by Gasteiger charge is -2.28. The third-order valence-corrected chi connectivity index (χ3v) is 7.15. The van der Waals surface area contributed by atoms with Gasteiger partial charge in [-0.25, -0.2) is 0 Å². The van der Waals surface area contributed by atoms with Gasteiger partial charge in [0.05, 0.1) is 21.3 Å². The standard InChI is InChI=1S/C28H29ClN6O3/c1-2-3-7-19-8-11-21(12-9-19)34-31-24-17-22(29)23(18-25(24)32-34)30-28(36)20-10-13-26(27(16-20)35(37)38)33-14-5-4-6-15-33/h8-13,16-18H,2-7,14-15H2,1H3,(H,30,36). The maximum absolute atomic E-state index is 13.1. The van der Waals surface area contributed by atoms with Crippen LogP contribution in [0.15, 0.2) is 54.6 Å². The molecule has 1 N–H and O–H groups in total. The van der Waals surface area contributed by atoms with E-state index in [4.69, 9.17) is 11.6 Å². The number of benzene rings is 3. The first-order chi connectivity index (χ1) is 18.4. The molecule has 1 saturated heterocycles. The Morgan fingerprint density at radius 1 is 1.03 bits per heavy atom. The van der Waals surface area contributed by atoms with Gasteiger partial charge < -0.3 is 10.2 Å². The number of halogens is 1. The van der Waals surface area contributed by atoms with E-state index in [0.717, 1.165) is 57.3 Å². The van der Waals surface area contributed by atoms with Gasteiger partial charge in [-0.2, -0.15) is 4.80 Å². The van der Waals surface area contributed by atoms with E-state index in [0.29, 0.717) is 27.4 Å². The summed E-state index contributed by atoms with van der Waals surface area (Å²) in [6.45, 7) is 3.71. The number of piperidine rings is 1. The zero-order valence-corrected chi connectivity index (χ0v) is 21.9. The highest BCUT2D eigenvalue weighted by Crippen LogP contribution is 2.32. The van der Waals surface area contributed by atoms with E-state index in [1.54, 1.807) is 29.1 Å². The van der Waals surface area contributed by atoms with E-state index in [-0.39, 0.29) is 11.3 Å². The van der Waals surface area contributed by atoms with E-state index in [1.165, 1.54) is 11.6 Å². The molecule has 0 spiro atoms. The fraction of sp³-hybridized carbons (Fsp3) is 0.321. The van der Waals surface area contributed by atoms with Crippen molar-refractivity contribution in [2.75, 3.05) is 23.3 Å². The van der Waals surface area contributed by atoms with Crippen molar-refractivity contribution in [1.82, 2.24) is 15.0 Å². The van der Waals surface area contributed by atoms with E-state index in [1.807, 2.05) is 17.0 Å². The van der Waals surface area contributed by atoms with Crippen LogP contribution in [-0.4, -0.2) is 38.9 Å². The number of nitrogens with one attached hydrogen (secondary N) is 1. The molecule has 1 amide bonds. The number of rotatable bonds is 8. The highest BCUT2D eigenvalue weighted by Gasteiger charge is 2.23. The smallest absolute Gasteiger partial charge is 0.293 e. The van der Waals surface area contributed by atoms with Gasteiger partial charge in [0.15, 0.2) is 0 Å².